The molecule has 20 heavy (non-hydrogen) atoms. The molecule has 0 aliphatic carbocycles. The Kier molecular flexibility index (Phi) is 3.44. The second-order valence-corrected chi connectivity index (χ2v) is 5.28. The predicted octanol–water partition coefficient (Wildman–Crippen LogP) is 2.29. The number of hydrogen-bond donors (Lipinski definition) is 1. The van der Waals surface area contributed by atoms with Gasteiger partial charge in [-0.2, -0.15) is 0 Å². The molecule has 2 saturated heterocycles. The van der Waals surface area contributed by atoms with Crippen molar-refractivity contribution in [1.82, 2.24) is 0 Å². The molecule has 3 rings (SSSR count). The third-order valence-corrected chi connectivity index (χ3v) is 3.73. The summed E-state index contributed by atoms with van der Waals surface area (Å²) in [4.78, 5) is 12.6. The summed E-state index contributed by atoms with van der Waals surface area (Å²) < 4.78 is 19.4. The van der Waals surface area contributed by atoms with Crippen LogP contribution in [0.15, 0.2) is 24.3 Å². The molecule has 5 heteroatoms. The van der Waals surface area contributed by atoms with E-state index in [9.17, 15) is 9.18 Å². The van der Waals surface area contributed by atoms with Gasteiger partial charge in [-0.15, -0.1) is 0 Å². The Morgan fingerprint density at radius 3 is 2.65 bits per heavy atom. The van der Waals surface area contributed by atoms with Crippen molar-refractivity contribution in [3.63, 3.8) is 0 Å². The van der Waals surface area contributed by atoms with Gasteiger partial charge in [0.15, 0.2) is 0 Å². The normalized spacial score (nSPS) is 25.4. The molecular weight excluding hydrogens is 261 g/mol. The van der Waals surface area contributed by atoms with E-state index < -0.39 is 5.97 Å². The van der Waals surface area contributed by atoms with Crippen molar-refractivity contribution < 1.29 is 19.0 Å². The number of morpholine rings is 1. The minimum atomic E-state index is -1.04. The molecule has 0 spiro atoms. The lowest BCUT2D eigenvalue weighted by atomic mass is 10.1. The summed E-state index contributed by atoms with van der Waals surface area (Å²) in [5.41, 5.74) is 1.34. The quantitative estimate of drug-likeness (QED) is 0.861. The van der Waals surface area contributed by atoms with Crippen molar-refractivity contribution >= 4 is 17.7 Å². The number of rotatable bonds is 3. The summed E-state index contributed by atoms with van der Waals surface area (Å²) in [7, 11) is 0. The number of ether oxygens (including phenoxy) is 1. The average Bonchev–Trinajstić information content (AvgIpc) is 2.74. The fraction of sp³-hybridized carbons (Fsp3) is 0.400. The fourth-order valence-corrected chi connectivity index (χ4v) is 2.87. The lowest BCUT2D eigenvalue weighted by Gasteiger charge is -2.34. The van der Waals surface area contributed by atoms with Crippen molar-refractivity contribution in [2.24, 2.45) is 0 Å². The molecule has 2 bridgehead atoms. The Morgan fingerprint density at radius 2 is 2.00 bits per heavy atom. The first kappa shape index (κ1) is 13.1. The maximum atomic E-state index is 13.7. The molecule has 2 aliphatic heterocycles. The Labute approximate surface area is 116 Å². The molecule has 106 valence electrons. The van der Waals surface area contributed by atoms with Crippen molar-refractivity contribution in [2.75, 3.05) is 18.0 Å². The van der Waals surface area contributed by atoms with Crippen LogP contribution in [0.2, 0.25) is 0 Å². The van der Waals surface area contributed by atoms with Gasteiger partial charge < -0.3 is 14.7 Å². The number of fused-ring (bicyclic) bond motifs is 2. The summed E-state index contributed by atoms with van der Waals surface area (Å²) in [6.07, 6.45) is 5.00. The van der Waals surface area contributed by atoms with E-state index in [1.54, 1.807) is 0 Å². The van der Waals surface area contributed by atoms with Crippen LogP contribution >= 0.6 is 0 Å². The van der Waals surface area contributed by atoms with E-state index in [0.717, 1.165) is 37.7 Å². The fourth-order valence-electron chi connectivity index (χ4n) is 2.87. The lowest BCUT2D eigenvalue weighted by molar-refractivity contribution is -0.131. The molecule has 0 aromatic heterocycles. The standard InChI is InChI=1S/C15H16FNO3/c16-11-5-10(1-4-15(18)19)6-12(7-11)17-8-13-2-3-14(9-17)20-13/h1,4-7,13-14H,2-3,8-9H2,(H,18,19)/b4-1+. The average molecular weight is 277 g/mol. The van der Waals surface area contributed by atoms with E-state index in [2.05, 4.69) is 4.90 Å². The summed E-state index contributed by atoms with van der Waals surface area (Å²) in [6, 6.07) is 4.63. The molecule has 4 nitrogen and oxygen atoms in total. The number of anilines is 1. The number of carboxylic acids is 1. The molecule has 2 heterocycles. The zero-order chi connectivity index (χ0) is 14.1. The van der Waals surface area contributed by atoms with Crippen LogP contribution in [0, 0.1) is 5.82 Å². The van der Waals surface area contributed by atoms with Gasteiger partial charge in [0, 0.05) is 24.9 Å². The van der Waals surface area contributed by atoms with Crippen LogP contribution in [0.25, 0.3) is 6.08 Å². The predicted molar refractivity (Wildman–Crippen MR) is 73.2 cm³/mol. The summed E-state index contributed by atoms with van der Waals surface area (Å²) >= 11 is 0. The zero-order valence-electron chi connectivity index (χ0n) is 11.0. The second-order valence-electron chi connectivity index (χ2n) is 5.28. The first-order valence-corrected chi connectivity index (χ1v) is 6.72. The van der Waals surface area contributed by atoms with E-state index >= 15 is 0 Å². The maximum absolute atomic E-state index is 13.7. The minimum absolute atomic E-state index is 0.232. The van der Waals surface area contributed by atoms with Crippen LogP contribution in [0.1, 0.15) is 18.4 Å². The highest BCUT2D eigenvalue weighted by molar-refractivity contribution is 5.85. The summed E-state index contributed by atoms with van der Waals surface area (Å²) in [6.45, 7) is 1.53. The number of benzene rings is 1. The largest absolute Gasteiger partial charge is 0.478 e. The minimum Gasteiger partial charge on any atom is -0.478 e. The van der Waals surface area contributed by atoms with Gasteiger partial charge >= 0.3 is 5.97 Å². The monoisotopic (exact) mass is 277 g/mol. The van der Waals surface area contributed by atoms with Crippen LogP contribution in [0.3, 0.4) is 0 Å². The number of halogens is 1. The second kappa shape index (κ2) is 5.25. The maximum Gasteiger partial charge on any atom is 0.328 e. The smallest absolute Gasteiger partial charge is 0.328 e. The zero-order valence-corrected chi connectivity index (χ0v) is 11.0. The number of carbonyl (C=O) groups is 1. The van der Waals surface area contributed by atoms with Crippen LogP contribution in [0.4, 0.5) is 10.1 Å². The topological polar surface area (TPSA) is 49.8 Å². The molecule has 1 N–H and O–H groups in total. The van der Waals surface area contributed by atoms with E-state index in [0.29, 0.717) is 5.56 Å². The summed E-state index contributed by atoms with van der Waals surface area (Å²) in [5, 5.41) is 8.63. The van der Waals surface area contributed by atoms with Gasteiger partial charge in [0.1, 0.15) is 5.82 Å². The van der Waals surface area contributed by atoms with E-state index in [-0.39, 0.29) is 18.0 Å². The van der Waals surface area contributed by atoms with Gasteiger partial charge in [0.2, 0.25) is 0 Å². The number of aliphatic carboxylic acids is 1. The van der Waals surface area contributed by atoms with Gasteiger partial charge in [0.05, 0.1) is 12.2 Å². The number of nitrogens with zero attached hydrogens (tertiary/aromatic N) is 1. The third-order valence-electron chi connectivity index (χ3n) is 3.73. The molecule has 0 amide bonds. The van der Waals surface area contributed by atoms with Crippen LogP contribution in [-0.4, -0.2) is 36.4 Å². The molecular formula is C15H16FNO3. The van der Waals surface area contributed by atoms with E-state index in [1.165, 1.54) is 18.2 Å². The van der Waals surface area contributed by atoms with Crippen molar-refractivity contribution in [3.05, 3.63) is 35.7 Å². The first-order valence-electron chi connectivity index (χ1n) is 6.72. The molecule has 0 saturated carbocycles. The molecule has 2 fully saturated rings. The lowest BCUT2D eigenvalue weighted by Crippen LogP contribution is -2.42. The SMILES string of the molecule is O=C(O)/C=C/c1cc(F)cc(N2CC3CCC(C2)O3)c1. The van der Waals surface area contributed by atoms with Gasteiger partial charge in [0.25, 0.3) is 0 Å². The molecule has 2 aliphatic rings. The van der Waals surface area contributed by atoms with Gasteiger partial charge in [-0.3, -0.25) is 0 Å². The first-order chi connectivity index (χ1) is 9.60. The highest BCUT2D eigenvalue weighted by atomic mass is 19.1. The van der Waals surface area contributed by atoms with Crippen molar-refractivity contribution in [3.8, 4) is 0 Å². The van der Waals surface area contributed by atoms with Crippen LogP contribution in [-0.2, 0) is 9.53 Å². The molecule has 1 aromatic rings. The van der Waals surface area contributed by atoms with E-state index in [1.807, 2.05) is 6.07 Å². The highest BCUT2D eigenvalue weighted by Crippen LogP contribution is 2.30. The number of hydrogen-bond acceptors (Lipinski definition) is 3. The van der Waals surface area contributed by atoms with Gasteiger partial charge in [-0.05, 0) is 42.7 Å². The van der Waals surface area contributed by atoms with Crippen molar-refractivity contribution in [1.29, 1.82) is 0 Å². The highest BCUT2D eigenvalue weighted by Gasteiger charge is 2.33. The van der Waals surface area contributed by atoms with Crippen LogP contribution < -0.4 is 4.90 Å². The third kappa shape index (κ3) is 2.82. The Bertz CT molecular complexity index is 546. The number of carboxylic acid groups (broad SMARTS) is 1. The van der Waals surface area contributed by atoms with Gasteiger partial charge in [-0.1, -0.05) is 0 Å². The Balaban J connectivity index is 1.84. The molecule has 2 unspecified atom stereocenters. The Hall–Kier alpha value is -1.88. The van der Waals surface area contributed by atoms with Crippen molar-refractivity contribution in [2.45, 2.75) is 25.0 Å². The molecule has 0 radical (unpaired) electrons. The molecule has 2 atom stereocenters. The molecule has 1 aromatic carbocycles. The van der Waals surface area contributed by atoms with Gasteiger partial charge in [-0.25, -0.2) is 9.18 Å². The summed E-state index contributed by atoms with van der Waals surface area (Å²) in [5.74, 6) is -1.40. The van der Waals surface area contributed by atoms with E-state index in [4.69, 9.17) is 9.84 Å². The Morgan fingerprint density at radius 1 is 1.30 bits per heavy atom. The van der Waals surface area contributed by atoms with Crippen LogP contribution in [0.5, 0.6) is 0 Å².